The van der Waals surface area contributed by atoms with Gasteiger partial charge in [0, 0.05) is 19.5 Å². The van der Waals surface area contributed by atoms with Crippen LogP contribution in [0.4, 0.5) is 0 Å². The van der Waals surface area contributed by atoms with E-state index in [1.165, 1.54) is 16.8 Å². The molecule has 1 unspecified atom stereocenters. The van der Waals surface area contributed by atoms with E-state index in [1.807, 2.05) is 18.7 Å². The first-order valence-corrected chi connectivity index (χ1v) is 8.27. The molecule has 0 aliphatic carbocycles. The molecule has 21 heavy (non-hydrogen) atoms. The normalized spacial score (nSPS) is 12.6. The average molecular weight is 350 g/mol. The van der Waals surface area contributed by atoms with Gasteiger partial charge in [-0.25, -0.2) is 0 Å². The predicted octanol–water partition coefficient (Wildman–Crippen LogP) is 3.56. The maximum atomic E-state index is 4.48. The summed E-state index contributed by atoms with van der Waals surface area (Å²) in [5.74, 6) is 0. The minimum Gasteiger partial charge on any atom is -0.314 e. The molecule has 2 rings (SSSR count). The van der Waals surface area contributed by atoms with Crippen molar-refractivity contribution in [3.8, 4) is 0 Å². The number of nitrogens with zero attached hydrogens (tertiary/aromatic N) is 2. The highest BCUT2D eigenvalue weighted by Gasteiger charge is 2.16. The van der Waals surface area contributed by atoms with E-state index < -0.39 is 0 Å². The molecule has 0 spiro atoms. The van der Waals surface area contributed by atoms with Crippen molar-refractivity contribution in [2.45, 2.75) is 39.7 Å². The van der Waals surface area contributed by atoms with Gasteiger partial charge in [-0.05, 0) is 48.3 Å². The standard InChI is InChI=1S/C17H24BrN3/c1-5-19-15(10-14-8-6-12(2)7-9-14)11-16-17(18)13(3)20-21(16)4/h6-9,15,19H,5,10-11H2,1-4H3. The molecule has 1 heterocycles. The fourth-order valence-electron chi connectivity index (χ4n) is 2.65. The summed E-state index contributed by atoms with van der Waals surface area (Å²) in [6.07, 6.45) is 2.00. The summed E-state index contributed by atoms with van der Waals surface area (Å²) in [6.45, 7) is 7.30. The maximum Gasteiger partial charge on any atom is 0.0738 e. The molecule has 0 aliphatic heterocycles. The van der Waals surface area contributed by atoms with Crippen LogP contribution in [0.2, 0.25) is 0 Å². The molecule has 1 atom stereocenters. The Kier molecular flexibility index (Phi) is 5.59. The Labute approximate surface area is 135 Å². The van der Waals surface area contributed by atoms with E-state index in [1.54, 1.807) is 0 Å². The third-order valence-corrected chi connectivity index (χ3v) is 4.83. The molecule has 1 aromatic carbocycles. The molecule has 114 valence electrons. The van der Waals surface area contributed by atoms with E-state index in [0.29, 0.717) is 6.04 Å². The molecule has 0 aliphatic rings. The van der Waals surface area contributed by atoms with Gasteiger partial charge in [0.05, 0.1) is 15.9 Å². The molecule has 0 amide bonds. The van der Waals surface area contributed by atoms with Gasteiger partial charge in [-0.2, -0.15) is 5.10 Å². The molecular weight excluding hydrogens is 326 g/mol. The molecule has 0 bridgehead atoms. The lowest BCUT2D eigenvalue weighted by Crippen LogP contribution is -2.33. The van der Waals surface area contributed by atoms with Gasteiger partial charge in [0.15, 0.2) is 0 Å². The Morgan fingerprint density at radius 3 is 2.38 bits per heavy atom. The fraction of sp³-hybridized carbons (Fsp3) is 0.471. The molecule has 0 fully saturated rings. The smallest absolute Gasteiger partial charge is 0.0738 e. The molecule has 1 aromatic heterocycles. The fourth-order valence-corrected chi connectivity index (χ4v) is 3.15. The number of aromatic nitrogens is 2. The minimum atomic E-state index is 0.420. The highest BCUT2D eigenvalue weighted by atomic mass is 79.9. The third-order valence-electron chi connectivity index (χ3n) is 3.80. The van der Waals surface area contributed by atoms with E-state index in [9.17, 15) is 0 Å². The average Bonchev–Trinajstić information content (AvgIpc) is 2.68. The van der Waals surface area contributed by atoms with Gasteiger partial charge < -0.3 is 5.32 Å². The number of halogens is 1. The van der Waals surface area contributed by atoms with Gasteiger partial charge in [-0.15, -0.1) is 0 Å². The Morgan fingerprint density at radius 2 is 1.86 bits per heavy atom. The number of likely N-dealkylation sites (N-methyl/N-ethyl adjacent to an activating group) is 1. The Hall–Kier alpha value is -1.13. The van der Waals surface area contributed by atoms with E-state index in [0.717, 1.165) is 29.6 Å². The van der Waals surface area contributed by atoms with Gasteiger partial charge >= 0.3 is 0 Å². The second kappa shape index (κ2) is 7.23. The zero-order valence-corrected chi connectivity index (χ0v) is 14.9. The summed E-state index contributed by atoms with van der Waals surface area (Å²) in [5.41, 5.74) is 4.99. The molecule has 2 aromatic rings. The molecule has 1 N–H and O–H groups in total. The van der Waals surface area contributed by atoms with Crippen molar-refractivity contribution in [3.05, 3.63) is 51.3 Å². The van der Waals surface area contributed by atoms with Crippen LogP contribution in [0, 0.1) is 13.8 Å². The lowest BCUT2D eigenvalue weighted by Gasteiger charge is -2.18. The monoisotopic (exact) mass is 349 g/mol. The van der Waals surface area contributed by atoms with Crippen molar-refractivity contribution < 1.29 is 0 Å². The minimum absolute atomic E-state index is 0.420. The van der Waals surface area contributed by atoms with Crippen molar-refractivity contribution >= 4 is 15.9 Å². The SMILES string of the molecule is CCNC(Cc1ccc(C)cc1)Cc1c(Br)c(C)nn1C. The van der Waals surface area contributed by atoms with Crippen molar-refractivity contribution in [2.75, 3.05) is 6.54 Å². The highest BCUT2D eigenvalue weighted by Crippen LogP contribution is 2.22. The number of nitrogens with one attached hydrogen (secondary N) is 1. The Morgan fingerprint density at radius 1 is 1.19 bits per heavy atom. The van der Waals surface area contributed by atoms with Crippen LogP contribution in [0.1, 0.15) is 29.4 Å². The van der Waals surface area contributed by atoms with Crippen LogP contribution in [0.25, 0.3) is 0 Å². The summed E-state index contributed by atoms with van der Waals surface area (Å²) in [7, 11) is 2.02. The molecular formula is C17H24BrN3. The Balaban J connectivity index is 2.13. The van der Waals surface area contributed by atoms with E-state index in [2.05, 4.69) is 64.5 Å². The van der Waals surface area contributed by atoms with Crippen molar-refractivity contribution in [1.82, 2.24) is 15.1 Å². The molecule has 4 heteroatoms. The van der Waals surface area contributed by atoms with Crippen LogP contribution in [0.3, 0.4) is 0 Å². The first-order chi connectivity index (χ1) is 10.0. The summed E-state index contributed by atoms with van der Waals surface area (Å²) in [5, 5.41) is 8.08. The molecule has 3 nitrogen and oxygen atoms in total. The first-order valence-electron chi connectivity index (χ1n) is 7.48. The van der Waals surface area contributed by atoms with Gasteiger partial charge in [0.25, 0.3) is 0 Å². The van der Waals surface area contributed by atoms with Crippen LogP contribution < -0.4 is 5.32 Å². The van der Waals surface area contributed by atoms with Crippen molar-refractivity contribution in [2.24, 2.45) is 7.05 Å². The molecule has 0 saturated carbocycles. The number of benzene rings is 1. The van der Waals surface area contributed by atoms with E-state index >= 15 is 0 Å². The molecule has 0 radical (unpaired) electrons. The van der Waals surface area contributed by atoms with Crippen LogP contribution in [-0.2, 0) is 19.9 Å². The van der Waals surface area contributed by atoms with Gasteiger partial charge in [0.1, 0.15) is 0 Å². The number of hydrogen-bond acceptors (Lipinski definition) is 2. The second-order valence-corrected chi connectivity index (χ2v) is 6.41. The summed E-state index contributed by atoms with van der Waals surface area (Å²) in [6, 6.07) is 9.24. The van der Waals surface area contributed by atoms with Gasteiger partial charge in [-0.1, -0.05) is 36.8 Å². The lowest BCUT2D eigenvalue weighted by atomic mass is 10.0. The van der Waals surface area contributed by atoms with Gasteiger partial charge in [-0.3, -0.25) is 4.68 Å². The van der Waals surface area contributed by atoms with E-state index in [4.69, 9.17) is 0 Å². The Bertz CT molecular complexity index is 587. The van der Waals surface area contributed by atoms with Crippen LogP contribution in [0.5, 0.6) is 0 Å². The largest absolute Gasteiger partial charge is 0.314 e. The maximum absolute atomic E-state index is 4.48. The second-order valence-electron chi connectivity index (χ2n) is 5.62. The van der Waals surface area contributed by atoms with Gasteiger partial charge in [0.2, 0.25) is 0 Å². The summed E-state index contributed by atoms with van der Waals surface area (Å²) < 4.78 is 3.12. The van der Waals surface area contributed by atoms with E-state index in [-0.39, 0.29) is 0 Å². The zero-order chi connectivity index (χ0) is 15.4. The van der Waals surface area contributed by atoms with Crippen LogP contribution in [0.15, 0.2) is 28.7 Å². The lowest BCUT2D eigenvalue weighted by molar-refractivity contribution is 0.504. The topological polar surface area (TPSA) is 29.9 Å². The first kappa shape index (κ1) is 16.2. The number of hydrogen-bond donors (Lipinski definition) is 1. The predicted molar refractivity (Wildman–Crippen MR) is 91.7 cm³/mol. The van der Waals surface area contributed by atoms with Crippen molar-refractivity contribution in [1.29, 1.82) is 0 Å². The zero-order valence-electron chi connectivity index (χ0n) is 13.3. The highest BCUT2D eigenvalue weighted by molar-refractivity contribution is 9.10. The van der Waals surface area contributed by atoms with Crippen LogP contribution in [-0.4, -0.2) is 22.4 Å². The molecule has 0 saturated heterocycles. The quantitative estimate of drug-likeness (QED) is 0.863. The van der Waals surface area contributed by atoms with Crippen LogP contribution >= 0.6 is 15.9 Å². The number of rotatable bonds is 6. The summed E-state index contributed by atoms with van der Waals surface area (Å²) >= 11 is 3.66. The third kappa shape index (κ3) is 4.17. The summed E-state index contributed by atoms with van der Waals surface area (Å²) in [4.78, 5) is 0. The van der Waals surface area contributed by atoms with Crippen molar-refractivity contribution in [3.63, 3.8) is 0 Å². The number of aryl methyl sites for hydroxylation is 3.